The van der Waals surface area contributed by atoms with Crippen LogP contribution in [0.2, 0.25) is 5.28 Å². The van der Waals surface area contributed by atoms with Crippen molar-refractivity contribution in [3.8, 4) is 67.3 Å². The van der Waals surface area contributed by atoms with Crippen LogP contribution in [0.15, 0.2) is 158 Å². The minimum atomic E-state index is 0.169. The van der Waals surface area contributed by atoms with Gasteiger partial charge in [0.2, 0.25) is 5.28 Å². The van der Waals surface area contributed by atoms with Crippen molar-refractivity contribution in [1.82, 2.24) is 15.0 Å². The maximum absolute atomic E-state index is 6.36. The highest BCUT2D eigenvalue weighted by Gasteiger charge is 2.18. The van der Waals surface area contributed by atoms with Crippen molar-refractivity contribution in [1.29, 1.82) is 0 Å². The van der Waals surface area contributed by atoms with Crippen LogP contribution in [0.25, 0.3) is 67.3 Å². The van der Waals surface area contributed by atoms with Crippen LogP contribution in [0.4, 0.5) is 0 Å². The molecule has 7 rings (SSSR count). The highest BCUT2D eigenvalue weighted by atomic mass is 35.5. The van der Waals surface area contributed by atoms with Crippen LogP contribution in [0.3, 0.4) is 0 Å². The van der Waals surface area contributed by atoms with Gasteiger partial charge in [-0.25, -0.2) is 4.98 Å². The molecule has 0 amide bonds. The van der Waals surface area contributed by atoms with Gasteiger partial charge in [-0.05, 0) is 68.2 Å². The fraction of sp³-hybridized carbons (Fsp3) is 0. The van der Waals surface area contributed by atoms with Gasteiger partial charge in [-0.2, -0.15) is 9.97 Å². The third-order valence-electron chi connectivity index (χ3n) is 7.49. The van der Waals surface area contributed by atoms with Gasteiger partial charge >= 0.3 is 0 Å². The zero-order valence-corrected chi connectivity index (χ0v) is 24.0. The van der Waals surface area contributed by atoms with E-state index in [9.17, 15) is 0 Å². The van der Waals surface area contributed by atoms with Crippen LogP contribution in [-0.2, 0) is 0 Å². The summed E-state index contributed by atoms with van der Waals surface area (Å²) >= 11 is 6.36. The van der Waals surface area contributed by atoms with Gasteiger partial charge in [0.05, 0.1) is 0 Å². The van der Waals surface area contributed by atoms with Crippen molar-refractivity contribution in [3.63, 3.8) is 0 Å². The van der Waals surface area contributed by atoms with E-state index in [4.69, 9.17) is 16.6 Å². The molecule has 0 aliphatic heterocycles. The highest BCUT2D eigenvalue weighted by Crippen LogP contribution is 2.43. The summed E-state index contributed by atoms with van der Waals surface area (Å²) in [6.07, 6.45) is 0. The molecule has 7 aromatic rings. The van der Waals surface area contributed by atoms with Gasteiger partial charge in [0.25, 0.3) is 0 Å². The van der Waals surface area contributed by atoms with E-state index in [2.05, 4.69) is 137 Å². The van der Waals surface area contributed by atoms with Gasteiger partial charge < -0.3 is 0 Å². The molecule has 6 aromatic carbocycles. The summed E-state index contributed by atoms with van der Waals surface area (Å²) in [6.45, 7) is 0. The molecular weight excluding hydrogens is 546 g/mol. The summed E-state index contributed by atoms with van der Waals surface area (Å²) < 4.78 is 0. The fourth-order valence-electron chi connectivity index (χ4n) is 5.42. The summed E-state index contributed by atoms with van der Waals surface area (Å²) in [4.78, 5) is 13.6. The monoisotopic (exact) mass is 571 g/mol. The highest BCUT2D eigenvalue weighted by molar-refractivity contribution is 6.28. The molecule has 4 heteroatoms. The quantitative estimate of drug-likeness (QED) is 0.199. The Kier molecular flexibility index (Phi) is 7.31. The molecule has 0 saturated carbocycles. The first kappa shape index (κ1) is 26.5. The average Bonchev–Trinajstić information content (AvgIpc) is 3.09. The first-order chi connectivity index (χ1) is 21.2. The number of aromatic nitrogens is 3. The van der Waals surface area contributed by atoms with E-state index in [1.165, 1.54) is 27.8 Å². The number of benzene rings is 6. The fourth-order valence-corrected chi connectivity index (χ4v) is 5.58. The van der Waals surface area contributed by atoms with E-state index in [1.807, 2.05) is 30.3 Å². The van der Waals surface area contributed by atoms with Gasteiger partial charge in [0.15, 0.2) is 11.6 Å². The molecular formula is C39H26ClN3. The van der Waals surface area contributed by atoms with Gasteiger partial charge in [0, 0.05) is 11.1 Å². The molecule has 3 nitrogen and oxygen atoms in total. The summed E-state index contributed by atoms with van der Waals surface area (Å²) in [5.41, 5.74) is 11.0. The lowest BCUT2D eigenvalue weighted by Crippen LogP contribution is -1.97. The Hall–Kier alpha value is -5.38. The Morgan fingerprint density at radius 3 is 1.16 bits per heavy atom. The molecule has 0 aliphatic carbocycles. The van der Waals surface area contributed by atoms with Crippen LogP contribution in [0, 0.1) is 0 Å². The molecule has 0 aliphatic rings. The van der Waals surface area contributed by atoms with Crippen molar-refractivity contribution in [3.05, 3.63) is 163 Å². The molecule has 0 bridgehead atoms. The summed E-state index contributed by atoms with van der Waals surface area (Å²) in [6, 6.07) is 54.6. The Balaban J connectivity index is 1.40. The van der Waals surface area contributed by atoms with E-state index >= 15 is 0 Å². The van der Waals surface area contributed by atoms with E-state index in [-0.39, 0.29) is 5.28 Å². The largest absolute Gasteiger partial charge is 0.226 e. The third kappa shape index (κ3) is 5.59. The maximum Gasteiger partial charge on any atom is 0.226 e. The molecule has 43 heavy (non-hydrogen) atoms. The van der Waals surface area contributed by atoms with Gasteiger partial charge in [-0.1, -0.05) is 146 Å². The molecule has 0 unspecified atom stereocenters. The van der Waals surface area contributed by atoms with Crippen LogP contribution in [0.1, 0.15) is 0 Å². The number of hydrogen-bond acceptors (Lipinski definition) is 3. The molecule has 0 atom stereocenters. The van der Waals surface area contributed by atoms with Crippen molar-refractivity contribution in [2.24, 2.45) is 0 Å². The summed E-state index contributed by atoms with van der Waals surface area (Å²) in [7, 11) is 0. The van der Waals surface area contributed by atoms with Crippen molar-refractivity contribution in [2.75, 3.05) is 0 Å². The SMILES string of the molecule is Clc1nc(-c2ccccc2)nc(-c2ccc(-c3c(-c4ccccc4)cc(-c4ccccc4)cc3-c3ccccc3)cc2)n1. The molecule has 0 N–H and O–H groups in total. The molecule has 204 valence electrons. The molecule has 0 fully saturated rings. The van der Waals surface area contributed by atoms with Crippen LogP contribution >= 0.6 is 11.6 Å². The number of rotatable bonds is 6. The molecule has 0 spiro atoms. The molecule has 1 heterocycles. The zero-order valence-electron chi connectivity index (χ0n) is 23.2. The Morgan fingerprint density at radius 1 is 0.326 bits per heavy atom. The summed E-state index contributed by atoms with van der Waals surface area (Å²) in [5.74, 6) is 1.09. The second-order valence-corrected chi connectivity index (χ2v) is 10.6. The van der Waals surface area contributed by atoms with E-state index < -0.39 is 0 Å². The molecule has 0 radical (unpaired) electrons. The lowest BCUT2D eigenvalue weighted by Gasteiger charge is -2.19. The number of nitrogens with zero attached hydrogens (tertiary/aromatic N) is 3. The topological polar surface area (TPSA) is 38.7 Å². The minimum absolute atomic E-state index is 0.169. The second-order valence-electron chi connectivity index (χ2n) is 10.2. The van der Waals surface area contributed by atoms with E-state index in [1.54, 1.807) is 0 Å². The number of hydrogen-bond donors (Lipinski definition) is 0. The second kappa shape index (κ2) is 11.8. The Labute approximate surface area is 256 Å². The van der Waals surface area contributed by atoms with Crippen LogP contribution < -0.4 is 0 Å². The van der Waals surface area contributed by atoms with Crippen molar-refractivity contribution >= 4 is 11.6 Å². The van der Waals surface area contributed by atoms with Crippen molar-refractivity contribution < 1.29 is 0 Å². The Morgan fingerprint density at radius 2 is 0.698 bits per heavy atom. The summed E-state index contributed by atoms with van der Waals surface area (Å²) in [5, 5.41) is 0.169. The van der Waals surface area contributed by atoms with Crippen LogP contribution in [-0.4, -0.2) is 15.0 Å². The minimum Gasteiger partial charge on any atom is -0.208 e. The predicted octanol–water partition coefficient (Wildman–Crippen LogP) is 10.5. The maximum atomic E-state index is 6.36. The first-order valence-electron chi connectivity index (χ1n) is 14.1. The van der Waals surface area contributed by atoms with E-state index in [0.717, 1.165) is 27.8 Å². The van der Waals surface area contributed by atoms with Gasteiger partial charge in [-0.3, -0.25) is 0 Å². The third-order valence-corrected chi connectivity index (χ3v) is 7.66. The van der Waals surface area contributed by atoms with Crippen LogP contribution in [0.5, 0.6) is 0 Å². The normalized spacial score (nSPS) is 10.9. The van der Waals surface area contributed by atoms with Crippen molar-refractivity contribution in [2.45, 2.75) is 0 Å². The van der Waals surface area contributed by atoms with Gasteiger partial charge in [0.1, 0.15) is 0 Å². The Bertz CT molecular complexity index is 1930. The van der Waals surface area contributed by atoms with Gasteiger partial charge in [-0.15, -0.1) is 0 Å². The zero-order chi connectivity index (χ0) is 29.0. The average molecular weight is 572 g/mol. The lowest BCUT2D eigenvalue weighted by molar-refractivity contribution is 1.07. The first-order valence-corrected chi connectivity index (χ1v) is 14.5. The predicted molar refractivity (Wildman–Crippen MR) is 177 cm³/mol. The smallest absolute Gasteiger partial charge is 0.208 e. The van der Waals surface area contributed by atoms with E-state index in [0.29, 0.717) is 11.6 Å². The standard InChI is InChI=1S/C39H26ClN3/c40-39-42-37(31-19-11-4-12-20-31)41-38(43-39)32-23-21-30(22-24-32)36-34(28-15-7-2-8-16-28)25-33(27-13-5-1-6-14-27)26-35(36)29-17-9-3-10-18-29/h1-26H. The molecule has 0 saturated heterocycles. The molecule has 1 aromatic heterocycles. The number of halogens is 1. The lowest BCUT2D eigenvalue weighted by atomic mass is 9.84.